The molecule has 1 heterocycles. The van der Waals surface area contributed by atoms with E-state index in [0.717, 1.165) is 7.11 Å². The molecule has 4 nitrogen and oxygen atoms in total. The molecule has 0 aromatic heterocycles. The quantitative estimate of drug-likeness (QED) is 0.851. The number of ether oxygens (including phenoxy) is 1. The van der Waals surface area contributed by atoms with Crippen molar-refractivity contribution in [3.63, 3.8) is 0 Å². The Morgan fingerprint density at radius 3 is 2.75 bits per heavy atom. The van der Waals surface area contributed by atoms with Crippen LogP contribution in [0.4, 0.5) is 8.78 Å². The number of benzene rings is 1. The lowest BCUT2D eigenvalue weighted by Crippen LogP contribution is -2.39. The van der Waals surface area contributed by atoms with Gasteiger partial charge in [0.1, 0.15) is 5.82 Å². The Labute approximate surface area is 116 Å². The molecule has 6 heteroatoms. The van der Waals surface area contributed by atoms with Gasteiger partial charge in [-0.25, -0.2) is 13.6 Å². The molecule has 1 N–H and O–H groups in total. The topological polar surface area (TPSA) is 49.8 Å². The summed E-state index contributed by atoms with van der Waals surface area (Å²) in [6, 6.07) is 5.49. The van der Waals surface area contributed by atoms with Crippen molar-refractivity contribution in [1.29, 1.82) is 0 Å². The van der Waals surface area contributed by atoms with E-state index in [9.17, 15) is 18.7 Å². The second kappa shape index (κ2) is 5.85. The zero-order valence-corrected chi connectivity index (χ0v) is 11.2. The number of carbonyl (C=O) groups excluding carboxylic acids is 1. The monoisotopic (exact) mass is 285 g/mol. The average molecular weight is 285 g/mol. The van der Waals surface area contributed by atoms with Crippen LogP contribution in [0.15, 0.2) is 24.3 Å². The molecular weight excluding hydrogens is 268 g/mol. The smallest absolute Gasteiger partial charge is 0.345 e. The average Bonchev–Trinajstić information content (AvgIpc) is 2.81. The number of aliphatic hydroxyl groups is 1. The van der Waals surface area contributed by atoms with Gasteiger partial charge < -0.3 is 9.84 Å². The van der Waals surface area contributed by atoms with Gasteiger partial charge in [-0.1, -0.05) is 12.1 Å². The van der Waals surface area contributed by atoms with E-state index in [1.165, 1.54) is 24.3 Å². The molecule has 1 aromatic carbocycles. The molecular formula is C14H17F2NO3. The molecule has 1 aliphatic heterocycles. The van der Waals surface area contributed by atoms with E-state index in [4.69, 9.17) is 0 Å². The van der Waals surface area contributed by atoms with Crippen molar-refractivity contribution in [2.45, 2.75) is 18.2 Å². The van der Waals surface area contributed by atoms with E-state index in [1.54, 1.807) is 4.90 Å². The van der Waals surface area contributed by atoms with E-state index >= 15 is 0 Å². The maximum absolute atomic E-state index is 14.2. The van der Waals surface area contributed by atoms with Crippen molar-refractivity contribution in [3.05, 3.63) is 35.6 Å². The van der Waals surface area contributed by atoms with Gasteiger partial charge >= 0.3 is 5.97 Å². The van der Waals surface area contributed by atoms with Crippen molar-refractivity contribution in [1.82, 2.24) is 4.90 Å². The van der Waals surface area contributed by atoms with Crippen LogP contribution in [-0.4, -0.2) is 48.4 Å². The van der Waals surface area contributed by atoms with Gasteiger partial charge in [0.05, 0.1) is 13.2 Å². The lowest BCUT2D eigenvalue weighted by molar-refractivity contribution is -0.153. The van der Waals surface area contributed by atoms with Gasteiger partial charge in [0.15, 0.2) is 0 Å². The highest BCUT2D eigenvalue weighted by Gasteiger charge is 2.46. The van der Waals surface area contributed by atoms with E-state index in [-0.39, 0.29) is 25.3 Å². The largest absolute Gasteiger partial charge is 0.467 e. The number of nitrogens with zero attached hydrogens (tertiary/aromatic N) is 1. The maximum Gasteiger partial charge on any atom is 0.345 e. The summed E-state index contributed by atoms with van der Waals surface area (Å²) in [5.74, 6) is -1.26. The van der Waals surface area contributed by atoms with Crippen molar-refractivity contribution in [2.24, 2.45) is 0 Å². The molecule has 1 aliphatic rings. The van der Waals surface area contributed by atoms with Gasteiger partial charge in [-0.2, -0.15) is 0 Å². The minimum Gasteiger partial charge on any atom is -0.467 e. The number of rotatable bonds is 4. The molecule has 0 radical (unpaired) electrons. The zero-order valence-electron chi connectivity index (χ0n) is 11.2. The summed E-state index contributed by atoms with van der Waals surface area (Å²) in [6.45, 7) is 0.454. The third-order valence-electron chi connectivity index (χ3n) is 3.54. The Morgan fingerprint density at radius 2 is 2.15 bits per heavy atom. The molecule has 0 aliphatic carbocycles. The van der Waals surface area contributed by atoms with Gasteiger partial charge in [0, 0.05) is 26.1 Å². The molecule has 1 saturated heterocycles. The maximum atomic E-state index is 14.2. The second-order valence-electron chi connectivity index (χ2n) is 5.01. The van der Waals surface area contributed by atoms with Crippen LogP contribution in [0.3, 0.4) is 0 Å². The van der Waals surface area contributed by atoms with E-state index < -0.39 is 17.7 Å². The first-order chi connectivity index (χ1) is 9.44. The number of hydrogen-bond donors (Lipinski definition) is 1. The Hall–Kier alpha value is -1.53. The van der Waals surface area contributed by atoms with Crippen molar-refractivity contribution < 1.29 is 23.4 Å². The van der Waals surface area contributed by atoms with Crippen LogP contribution < -0.4 is 0 Å². The lowest BCUT2D eigenvalue weighted by Gasteiger charge is -2.21. The fourth-order valence-corrected chi connectivity index (χ4v) is 2.39. The molecule has 0 spiro atoms. The molecule has 2 rings (SSSR count). The predicted octanol–water partition coefficient (Wildman–Crippen LogP) is 1.45. The standard InChI is InChI=1S/C14H17F2NO3/c1-20-13(19)14(16)6-7-17(9-14)8-12(18)10-2-4-11(15)5-3-10/h2-5,12,18H,6-9H2,1H3. The first-order valence-electron chi connectivity index (χ1n) is 6.38. The number of carbonyl (C=O) groups is 1. The third-order valence-corrected chi connectivity index (χ3v) is 3.54. The Morgan fingerprint density at radius 1 is 1.50 bits per heavy atom. The number of alkyl halides is 1. The van der Waals surface area contributed by atoms with Gasteiger partial charge in [0.25, 0.3) is 0 Å². The van der Waals surface area contributed by atoms with Crippen LogP contribution in [0.25, 0.3) is 0 Å². The normalized spacial score (nSPS) is 24.6. The minimum absolute atomic E-state index is 0.0514. The lowest BCUT2D eigenvalue weighted by atomic mass is 10.1. The van der Waals surface area contributed by atoms with Crippen LogP contribution in [0.1, 0.15) is 18.1 Å². The molecule has 1 aromatic rings. The molecule has 110 valence electrons. The summed E-state index contributed by atoms with van der Waals surface area (Å²) in [5.41, 5.74) is -1.45. The summed E-state index contributed by atoms with van der Waals surface area (Å²) in [6.07, 6.45) is -0.800. The fraction of sp³-hybridized carbons (Fsp3) is 0.500. The van der Waals surface area contributed by atoms with Crippen molar-refractivity contribution >= 4 is 5.97 Å². The number of hydrogen-bond acceptors (Lipinski definition) is 4. The summed E-state index contributed by atoms with van der Waals surface area (Å²) >= 11 is 0. The number of likely N-dealkylation sites (tertiary alicyclic amines) is 1. The van der Waals surface area contributed by atoms with Crippen LogP contribution in [0, 0.1) is 5.82 Å². The number of aliphatic hydroxyl groups excluding tert-OH is 1. The Balaban J connectivity index is 1.95. The SMILES string of the molecule is COC(=O)C1(F)CCN(CC(O)c2ccc(F)cc2)C1. The Kier molecular flexibility index (Phi) is 4.35. The fourth-order valence-electron chi connectivity index (χ4n) is 2.39. The number of halogens is 2. The van der Waals surface area contributed by atoms with E-state index in [0.29, 0.717) is 12.1 Å². The van der Waals surface area contributed by atoms with E-state index in [1.807, 2.05) is 0 Å². The summed E-state index contributed by atoms with van der Waals surface area (Å²) in [4.78, 5) is 13.0. The second-order valence-corrected chi connectivity index (χ2v) is 5.01. The van der Waals surface area contributed by atoms with Gasteiger partial charge in [-0.05, 0) is 17.7 Å². The molecule has 2 atom stereocenters. The summed E-state index contributed by atoms with van der Waals surface area (Å²) < 4.78 is 31.4. The number of methoxy groups -OCH3 is 1. The molecule has 0 bridgehead atoms. The highest BCUT2D eigenvalue weighted by atomic mass is 19.1. The van der Waals surface area contributed by atoms with Crippen molar-refractivity contribution in [2.75, 3.05) is 26.7 Å². The molecule has 20 heavy (non-hydrogen) atoms. The first-order valence-corrected chi connectivity index (χ1v) is 6.38. The van der Waals surface area contributed by atoms with Crippen LogP contribution in [0.5, 0.6) is 0 Å². The summed E-state index contributed by atoms with van der Waals surface area (Å²) in [7, 11) is 1.15. The minimum atomic E-state index is -2.00. The van der Waals surface area contributed by atoms with E-state index in [2.05, 4.69) is 4.74 Å². The zero-order chi connectivity index (χ0) is 14.8. The predicted molar refractivity (Wildman–Crippen MR) is 68.3 cm³/mol. The van der Waals surface area contributed by atoms with Crippen LogP contribution in [-0.2, 0) is 9.53 Å². The highest BCUT2D eigenvalue weighted by Crippen LogP contribution is 2.28. The molecule has 1 fully saturated rings. The number of esters is 1. The first kappa shape index (κ1) is 14.9. The summed E-state index contributed by atoms with van der Waals surface area (Å²) in [5, 5.41) is 10.0. The van der Waals surface area contributed by atoms with Gasteiger partial charge in [0.2, 0.25) is 5.67 Å². The molecule has 0 saturated carbocycles. The third kappa shape index (κ3) is 3.13. The molecule has 0 amide bonds. The Bertz CT molecular complexity index is 480. The van der Waals surface area contributed by atoms with Crippen molar-refractivity contribution in [3.8, 4) is 0 Å². The molecule has 2 unspecified atom stereocenters. The van der Waals surface area contributed by atoms with Gasteiger partial charge in [-0.15, -0.1) is 0 Å². The van der Waals surface area contributed by atoms with Gasteiger partial charge in [-0.3, -0.25) is 4.90 Å². The number of β-amino-alcohol motifs (C(OH)–C–C–N with tert-alkyl or cyclic N) is 1. The van der Waals surface area contributed by atoms with Crippen LogP contribution in [0.2, 0.25) is 0 Å². The van der Waals surface area contributed by atoms with Crippen LogP contribution >= 0.6 is 0 Å². The highest BCUT2D eigenvalue weighted by molar-refractivity contribution is 5.80.